The molecule has 36 heavy (non-hydrogen) atoms. The first-order chi connectivity index (χ1) is 17.0. The summed E-state index contributed by atoms with van der Waals surface area (Å²) in [7, 11) is -3.59. The van der Waals surface area contributed by atoms with Gasteiger partial charge < -0.3 is 10.2 Å². The van der Waals surface area contributed by atoms with Crippen LogP contribution in [0.1, 0.15) is 56.2 Å². The molecule has 0 aromatic heterocycles. The molecule has 198 valence electrons. The minimum absolute atomic E-state index is 0.106. The number of carbonyl (C=O) groups is 2. The number of benzene rings is 2. The van der Waals surface area contributed by atoms with Gasteiger partial charge in [-0.2, -0.15) is 0 Å². The molecule has 1 N–H and O–H groups in total. The first-order valence-corrected chi connectivity index (χ1v) is 14.6. The first-order valence-electron chi connectivity index (χ1n) is 12.3. The Balaban J connectivity index is 2.23. The van der Waals surface area contributed by atoms with Crippen LogP contribution in [-0.4, -0.2) is 50.5 Å². The number of aryl methyl sites for hydroxylation is 2. The van der Waals surface area contributed by atoms with Crippen LogP contribution in [0.4, 0.5) is 5.69 Å². The van der Waals surface area contributed by atoms with Gasteiger partial charge in [-0.05, 0) is 56.4 Å². The molecule has 2 aromatic rings. The van der Waals surface area contributed by atoms with Crippen LogP contribution in [0.15, 0.2) is 42.5 Å². The predicted octanol–water partition coefficient (Wildman–Crippen LogP) is 4.84. The molecule has 9 heteroatoms. The normalized spacial score (nSPS) is 12.2. The predicted molar refractivity (Wildman–Crippen MR) is 147 cm³/mol. The fourth-order valence-electron chi connectivity index (χ4n) is 4.01. The van der Waals surface area contributed by atoms with E-state index >= 15 is 0 Å². The fourth-order valence-corrected chi connectivity index (χ4v) is 5.19. The molecule has 2 rings (SSSR count). The van der Waals surface area contributed by atoms with Gasteiger partial charge in [-0.15, -0.1) is 0 Å². The zero-order valence-electron chi connectivity index (χ0n) is 21.9. The number of nitrogens with one attached hydrogen (secondary N) is 1. The summed E-state index contributed by atoms with van der Waals surface area (Å²) in [6, 6.07) is 12.4. The molecule has 0 fully saturated rings. The summed E-state index contributed by atoms with van der Waals surface area (Å²) in [6.45, 7) is 8.66. The Morgan fingerprint density at radius 3 is 2.31 bits per heavy atom. The number of hydrogen-bond acceptors (Lipinski definition) is 4. The minimum atomic E-state index is -3.59. The van der Waals surface area contributed by atoms with Gasteiger partial charge in [0.05, 0.1) is 11.9 Å². The smallest absolute Gasteiger partial charge is 0.242 e. The minimum Gasteiger partial charge on any atom is -0.354 e. The second-order valence-corrected chi connectivity index (χ2v) is 11.4. The van der Waals surface area contributed by atoms with Crippen molar-refractivity contribution in [1.29, 1.82) is 0 Å². The summed E-state index contributed by atoms with van der Waals surface area (Å²) in [4.78, 5) is 27.9. The molecule has 0 saturated heterocycles. The lowest BCUT2D eigenvalue weighted by Gasteiger charge is -2.31. The third-order valence-electron chi connectivity index (χ3n) is 6.00. The summed E-state index contributed by atoms with van der Waals surface area (Å²) in [6.07, 6.45) is 2.83. The van der Waals surface area contributed by atoms with Gasteiger partial charge in [-0.25, -0.2) is 8.42 Å². The van der Waals surface area contributed by atoms with E-state index in [0.717, 1.165) is 29.4 Å². The van der Waals surface area contributed by atoms with E-state index < -0.39 is 16.1 Å². The van der Waals surface area contributed by atoms with Crippen molar-refractivity contribution >= 4 is 39.1 Å². The van der Waals surface area contributed by atoms with Crippen molar-refractivity contribution in [3.05, 3.63) is 64.2 Å². The molecule has 0 aliphatic heterocycles. The van der Waals surface area contributed by atoms with E-state index in [1.165, 1.54) is 4.31 Å². The van der Waals surface area contributed by atoms with Crippen molar-refractivity contribution in [1.82, 2.24) is 10.2 Å². The van der Waals surface area contributed by atoms with E-state index in [0.29, 0.717) is 36.6 Å². The van der Waals surface area contributed by atoms with Crippen molar-refractivity contribution in [2.45, 2.75) is 66.0 Å². The van der Waals surface area contributed by atoms with Crippen LogP contribution in [0.2, 0.25) is 5.02 Å². The Hall–Kier alpha value is -2.58. The number of rotatable bonds is 13. The number of amides is 2. The van der Waals surface area contributed by atoms with Crippen molar-refractivity contribution in [3.63, 3.8) is 0 Å². The van der Waals surface area contributed by atoms with Gasteiger partial charge in [0.2, 0.25) is 21.8 Å². The van der Waals surface area contributed by atoms with Crippen molar-refractivity contribution in [3.8, 4) is 0 Å². The van der Waals surface area contributed by atoms with Gasteiger partial charge >= 0.3 is 0 Å². The summed E-state index contributed by atoms with van der Waals surface area (Å²) >= 11 is 6.12. The zero-order chi connectivity index (χ0) is 26.9. The lowest BCUT2D eigenvalue weighted by atomic mass is 10.1. The Labute approximate surface area is 220 Å². The molecule has 0 aliphatic rings. The number of nitrogens with zero attached hydrogens (tertiary/aromatic N) is 2. The maximum Gasteiger partial charge on any atom is 0.242 e. The van der Waals surface area contributed by atoms with E-state index in [1.54, 1.807) is 23.1 Å². The highest BCUT2D eigenvalue weighted by atomic mass is 35.5. The standard InChI is InChI=1S/C27H38ClN3O4S/c1-6-16-29-27(33)24(7-2)30(19-22-13-10-20(3)11-14-22)26(32)9-8-17-31(36(5,34)35)25-18-23(28)15-12-21(25)4/h10-15,18,24H,6-9,16-17,19H2,1-5H3,(H,29,33). The van der Waals surface area contributed by atoms with Crippen LogP contribution in [0.3, 0.4) is 0 Å². The average Bonchev–Trinajstić information content (AvgIpc) is 2.82. The van der Waals surface area contributed by atoms with Gasteiger partial charge in [0.1, 0.15) is 6.04 Å². The number of anilines is 1. The van der Waals surface area contributed by atoms with Crippen molar-refractivity contribution in [2.75, 3.05) is 23.7 Å². The summed E-state index contributed by atoms with van der Waals surface area (Å²) in [5.41, 5.74) is 3.32. The van der Waals surface area contributed by atoms with E-state index in [9.17, 15) is 18.0 Å². The Morgan fingerprint density at radius 2 is 1.72 bits per heavy atom. The Bertz CT molecular complexity index is 1140. The van der Waals surface area contributed by atoms with E-state index in [1.807, 2.05) is 52.0 Å². The highest BCUT2D eigenvalue weighted by Gasteiger charge is 2.28. The lowest BCUT2D eigenvalue weighted by molar-refractivity contribution is -0.141. The molecule has 0 heterocycles. The van der Waals surface area contributed by atoms with E-state index in [-0.39, 0.29) is 24.8 Å². The molecular weight excluding hydrogens is 498 g/mol. The maximum absolute atomic E-state index is 13.4. The topological polar surface area (TPSA) is 86.8 Å². The molecular formula is C27H38ClN3O4S. The quantitative estimate of drug-likeness (QED) is 0.398. The SMILES string of the molecule is CCCNC(=O)C(CC)N(Cc1ccc(C)cc1)C(=O)CCCN(c1cc(Cl)ccc1C)S(C)(=O)=O. The van der Waals surface area contributed by atoms with Gasteiger partial charge in [-0.1, -0.05) is 61.3 Å². The largest absolute Gasteiger partial charge is 0.354 e. The van der Waals surface area contributed by atoms with Crippen LogP contribution >= 0.6 is 11.6 Å². The van der Waals surface area contributed by atoms with Crippen LogP contribution < -0.4 is 9.62 Å². The second-order valence-electron chi connectivity index (χ2n) is 9.09. The van der Waals surface area contributed by atoms with Crippen molar-refractivity contribution in [2.24, 2.45) is 0 Å². The van der Waals surface area contributed by atoms with Gasteiger partial charge in [0, 0.05) is 31.1 Å². The molecule has 2 aromatic carbocycles. The van der Waals surface area contributed by atoms with Gasteiger partial charge in [0.25, 0.3) is 0 Å². The molecule has 0 spiro atoms. The second kappa shape index (κ2) is 13.7. The summed E-state index contributed by atoms with van der Waals surface area (Å²) in [5.74, 6) is -0.363. The highest BCUT2D eigenvalue weighted by Crippen LogP contribution is 2.27. The molecule has 1 unspecified atom stereocenters. The number of carbonyl (C=O) groups excluding carboxylic acids is 2. The molecule has 0 aliphatic carbocycles. The average molecular weight is 536 g/mol. The Morgan fingerprint density at radius 1 is 1.06 bits per heavy atom. The Kier molecular flexibility index (Phi) is 11.2. The fraction of sp³-hybridized carbons (Fsp3) is 0.481. The summed E-state index contributed by atoms with van der Waals surface area (Å²) in [5, 5.41) is 3.35. The number of halogens is 1. The molecule has 0 bridgehead atoms. The zero-order valence-corrected chi connectivity index (χ0v) is 23.5. The highest BCUT2D eigenvalue weighted by molar-refractivity contribution is 7.92. The lowest BCUT2D eigenvalue weighted by Crippen LogP contribution is -2.49. The maximum atomic E-state index is 13.4. The molecule has 2 amide bonds. The molecule has 7 nitrogen and oxygen atoms in total. The molecule has 0 radical (unpaired) electrons. The van der Waals surface area contributed by atoms with Gasteiger partial charge in [0.15, 0.2) is 0 Å². The van der Waals surface area contributed by atoms with Crippen LogP contribution in [0, 0.1) is 13.8 Å². The van der Waals surface area contributed by atoms with Crippen LogP contribution in [-0.2, 0) is 26.2 Å². The third kappa shape index (κ3) is 8.52. The molecule has 0 saturated carbocycles. The van der Waals surface area contributed by atoms with E-state index in [4.69, 9.17) is 11.6 Å². The van der Waals surface area contributed by atoms with Crippen LogP contribution in [0.5, 0.6) is 0 Å². The van der Waals surface area contributed by atoms with Crippen molar-refractivity contribution < 1.29 is 18.0 Å². The first kappa shape index (κ1) is 29.6. The number of sulfonamides is 1. The third-order valence-corrected chi connectivity index (χ3v) is 7.42. The summed E-state index contributed by atoms with van der Waals surface area (Å²) < 4.78 is 26.4. The molecule has 1 atom stereocenters. The van der Waals surface area contributed by atoms with Gasteiger partial charge in [-0.3, -0.25) is 13.9 Å². The monoisotopic (exact) mass is 535 g/mol. The van der Waals surface area contributed by atoms with Crippen LogP contribution in [0.25, 0.3) is 0 Å². The number of hydrogen-bond donors (Lipinski definition) is 1. The van der Waals surface area contributed by atoms with E-state index in [2.05, 4.69) is 5.32 Å².